The Morgan fingerprint density at radius 3 is 2.60 bits per heavy atom. The fourth-order valence-corrected chi connectivity index (χ4v) is 2.52. The van der Waals surface area contributed by atoms with E-state index in [1.807, 2.05) is 0 Å². The molecule has 0 aliphatic heterocycles. The van der Waals surface area contributed by atoms with Gasteiger partial charge in [0.25, 0.3) is 0 Å². The first kappa shape index (κ1) is 15.1. The summed E-state index contributed by atoms with van der Waals surface area (Å²) < 4.78 is 0. The number of nitrogens with one attached hydrogen (secondary N) is 3. The van der Waals surface area contributed by atoms with E-state index >= 15 is 0 Å². The third kappa shape index (κ3) is 3.23. The average Bonchev–Trinajstić information content (AvgIpc) is 2.68. The Kier molecular flexibility index (Phi) is 4.53. The molecule has 0 bridgehead atoms. The Bertz CT molecular complexity index is 725. The first-order chi connectivity index (χ1) is 9.38. The summed E-state index contributed by atoms with van der Waals surface area (Å²) >= 11 is 12.9. The number of aromatic amines is 1. The lowest BCUT2D eigenvalue weighted by atomic mass is 10.3. The summed E-state index contributed by atoms with van der Waals surface area (Å²) in [5, 5.41) is 34.7. The monoisotopic (exact) mass is 333 g/mol. The number of H-pyrrole nitrogens is 1. The molecule has 0 aliphatic rings. The highest BCUT2D eigenvalue weighted by molar-refractivity contribution is 7.13. The number of quaternary nitrogens is 1. The Labute approximate surface area is 127 Å². The molecule has 1 aromatic carbocycles. The van der Waals surface area contributed by atoms with E-state index in [2.05, 4.69) is 15.2 Å². The van der Waals surface area contributed by atoms with E-state index in [0.717, 1.165) is 11.3 Å². The number of thiazole rings is 1. The number of nitrogens with zero attached hydrogens (tertiary/aromatic N) is 2. The van der Waals surface area contributed by atoms with Crippen molar-refractivity contribution in [2.75, 3.05) is 0 Å². The van der Waals surface area contributed by atoms with E-state index in [4.69, 9.17) is 33.8 Å². The largest absolute Gasteiger partial charge is 0.595 e. The molecule has 10 heteroatoms. The molecule has 0 saturated heterocycles. The van der Waals surface area contributed by atoms with E-state index < -0.39 is 5.23 Å². The van der Waals surface area contributed by atoms with Crippen LogP contribution < -0.4 is 10.0 Å². The van der Waals surface area contributed by atoms with Gasteiger partial charge in [0.2, 0.25) is 0 Å². The number of aromatic nitrogens is 1. The molecule has 0 amide bonds. The third-order valence-corrected chi connectivity index (χ3v) is 3.84. The Morgan fingerprint density at radius 2 is 2.05 bits per heavy atom. The minimum absolute atomic E-state index is 0.0338. The van der Waals surface area contributed by atoms with Crippen LogP contribution in [-0.4, -0.2) is 10.2 Å². The van der Waals surface area contributed by atoms with E-state index in [0.29, 0.717) is 10.7 Å². The predicted octanol–water partition coefficient (Wildman–Crippen LogP) is 2.99. The molecule has 0 radical (unpaired) electrons. The van der Waals surface area contributed by atoms with Crippen LogP contribution in [0, 0.1) is 17.5 Å². The lowest BCUT2D eigenvalue weighted by molar-refractivity contribution is -0.991. The van der Waals surface area contributed by atoms with Gasteiger partial charge in [-0.3, -0.25) is 5.41 Å². The summed E-state index contributed by atoms with van der Waals surface area (Å²) in [5.41, 5.74) is 0.888. The minimum Gasteiger partial charge on any atom is -0.595 e. The normalized spacial score (nSPS) is 13.1. The van der Waals surface area contributed by atoms with E-state index in [1.165, 1.54) is 12.1 Å². The summed E-state index contributed by atoms with van der Waals surface area (Å²) in [7, 11) is 0. The molecule has 0 spiro atoms. The summed E-state index contributed by atoms with van der Waals surface area (Å²) in [5.74, 6) is 0. The zero-order valence-electron chi connectivity index (χ0n) is 10.1. The summed E-state index contributed by atoms with van der Waals surface area (Å²) in [6.07, 6.45) is 0. The zero-order chi connectivity index (χ0) is 14.9. The second-order valence-electron chi connectivity index (χ2n) is 3.77. The number of benzene rings is 1. The van der Waals surface area contributed by atoms with Crippen LogP contribution in [0.2, 0.25) is 10.0 Å². The number of hydrogen-bond donors (Lipinski definition) is 4. The Balaban J connectivity index is 2.37. The molecule has 1 aromatic heterocycles. The van der Waals surface area contributed by atoms with Crippen molar-refractivity contribution in [1.82, 2.24) is 4.98 Å². The molecule has 2 rings (SSSR count). The molecule has 106 valence electrons. The van der Waals surface area contributed by atoms with Gasteiger partial charge in [0, 0.05) is 6.07 Å². The van der Waals surface area contributed by atoms with Crippen LogP contribution in [-0.2, 0) is 0 Å². The first-order valence-corrected chi connectivity index (χ1v) is 6.84. The van der Waals surface area contributed by atoms with Gasteiger partial charge in [-0.25, -0.2) is 5.21 Å². The number of rotatable bonds is 3. The molecule has 0 saturated carbocycles. The minimum atomic E-state index is -1.16. The third-order valence-electron chi connectivity index (χ3n) is 2.34. The molecule has 4 N–H and O–H groups in total. The van der Waals surface area contributed by atoms with Crippen molar-refractivity contribution >= 4 is 50.9 Å². The van der Waals surface area contributed by atoms with Gasteiger partial charge in [-0.05, 0) is 13.0 Å². The molecule has 1 unspecified atom stereocenters. The lowest BCUT2D eigenvalue weighted by Gasteiger charge is -2.13. The molecule has 1 heterocycles. The van der Waals surface area contributed by atoms with Crippen molar-refractivity contribution in [2.45, 2.75) is 6.92 Å². The standard InChI is InChI=1S/C10H9Cl2N5O2S/c1-4-9(20-10(13)14-4)16-15-7-2-6(12)8(17(18)19)3-5(7)11/h2-3,17-18H,1H3,(H2,13,14). The van der Waals surface area contributed by atoms with Crippen molar-refractivity contribution in [3.63, 3.8) is 0 Å². The number of halogens is 2. The van der Waals surface area contributed by atoms with Crippen molar-refractivity contribution in [3.8, 4) is 0 Å². The fourth-order valence-electron chi connectivity index (χ4n) is 1.39. The highest BCUT2D eigenvalue weighted by Gasteiger charge is 2.12. The maximum absolute atomic E-state index is 10.9. The van der Waals surface area contributed by atoms with Gasteiger partial charge in [-0.2, -0.15) is 5.23 Å². The van der Waals surface area contributed by atoms with Gasteiger partial charge < -0.3 is 10.2 Å². The number of hydrogen-bond acceptors (Lipinski definition) is 6. The maximum atomic E-state index is 10.9. The van der Waals surface area contributed by atoms with E-state index in [1.54, 1.807) is 6.92 Å². The van der Waals surface area contributed by atoms with Crippen molar-refractivity contribution in [1.29, 1.82) is 5.41 Å². The van der Waals surface area contributed by atoms with Crippen LogP contribution in [0.4, 0.5) is 16.4 Å². The summed E-state index contributed by atoms with van der Waals surface area (Å²) in [4.78, 5) is 3.05. The number of aryl methyl sites for hydroxylation is 1. The molecule has 7 nitrogen and oxygen atoms in total. The molecular weight excluding hydrogens is 325 g/mol. The molecular formula is C10H9Cl2N5O2S. The molecule has 0 fully saturated rings. The van der Waals surface area contributed by atoms with Crippen LogP contribution in [0.3, 0.4) is 0 Å². The molecule has 2 aromatic rings. The summed E-state index contributed by atoms with van der Waals surface area (Å²) in [6, 6.07) is 2.56. The zero-order valence-corrected chi connectivity index (χ0v) is 12.4. The quantitative estimate of drug-likeness (QED) is 0.511. The van der Waals surface area contributed by atoms with Crippen LogP contribution >= 0.6 is 34.5 Å². The van der Waals surface area contributed by atoms with Gasteiger partial charge >= 0.3 is 0 Å². The second-order valence-corrected chi connectivity index (χ2v) is 5.59. The SMILES string of the molecule is Cc1[nH]c(=N)sc1N=Nc1cc(Cl)c([NH+]([O-])O)cc1Cl. The lowest BCUT2D eigenvalue weighted by Crippen LogP contribution is -2.99. The highest BCUT2D eigenvalue weighted by Crippen LogP contribution is 2.34. The average molecular weight is 334 g/mol. The van der Waals surface area contributed by atoms with Gasteiger partial charge in [0.1, 0.15) is 10.7 Å². The van der Waals surface area contributed by atoms with Crippen LogP contribution in [0.15, 0.2) is 22.4 Å². The van der Waals surface area contributed by atoms with Gasteiger partial charge in [-0.15, -0.1) is 10.2 Å². The van der Waals surface area contributed by atoms with Gasteiger partial charge in [0.05, 0.1) is 10.7 Å². The van der Waals surface area contributed by atoms with Crippen LogP contribution in [0.5, 0.6) is 0 Å². The van der Waals surface area contributed by atoms with Crippen molar-refractivity contribution < 1.29 is 10.4 Å². The van der Waals surface area contributed by atoms with Gasteiger partial charge in [0.15, 0.2) is 15.5 Å². The first-order valence-electron chi connectivity index (χ1n) is 5.27. The van der Waals surface area contributed by atoms with Crippen LogP contribution in [0.1, 0.15) is 5.69 Å². The second kappa shape index (κ2) is 6.00. The van der Waals surface area contributed by atoms with E-state index in [9.17, 15) is 5.21 Å². The summed E-state index contributed by atoms with van der Waals surface area (Å²) in [6.45, 7) is 1.77. The topological polar surface area (TPSA) is 112 Å². The predicted molar refractivity (Wildman–Crippen MR) is 75.7 cm³/mol. The number of azo groups is 1. The molecule has 20 heavy (non-hydrogen) atoms. The van der Waals surface area contributed by atoms with Crippen molar-refractivity contribution in [2.24, 2.45) is 10.2 Å². The smallest absolute Gasteiger partial charge is 0.184 e. The van der Waals surface area contributed by atoms with Crippen molar-refractivity contribution in [3.05, 3.63) is 37.9 Å². The molecule has 0 aliphatic carbocycles. The Hall–Kier alpha value is -1.29. The highest BCUT2D eigenvalue weighted by atomic mass is 35.5. The van der Waals surface area contributed by atoms with Crippen LogP contribution in [0.25, 0.3) is 0 Å². The fraction of sp³-hybridized carbons (Fsp3) is 0.100. The molecule has 1 atom stereocenters. The maximum Gasteiger partial charge on any atom is 0.184 e. The Morgan fingerprint density at radius 1 is 1.35 bits per heavy atom. The van der Waals surface area contributed by atoms with Gasteiger partial charge in [-0.1, -0.05) is 34.5 Å². The van der Waals surface area contributed by atoms with E-state index in [-0.39, 0.29) is 26.2 Å².